The number of nitrogens with zero attached hydrogens (tertiary/aromatic N) is 4. The van der Waals surface area contributed by atoms with E-state index in [4.69, 9.17) is 10.5 Å². The minimum atomic E-state index is -0.566. The van der Waals surface area contributed by atoms with Crippen LogP contribution in [0.5, 0.6) is 0 Å². The highest BCUT2D eigenvalue weighted by Gasteiger charge is 2.24. The summed E-state index contributed by atoms with van der Waals surface area (Å²) >= 11 is 0. The second kappa shape index (κ2) is 5.65. The van der Waals surface area contributed by atoms with Crippen LogP contribution in [0.25, 0.3) is 0 Å². The zero-order valence-electron chi connectivity index (χ0n) is 10.1. The Bertz CT molecular complexity index is 542. The SMILES string of the molecule is CC(CC#N)N(C)c1cccc(C#N)c1[N+](=O)[O-]. The van der Waals surface area contributed by atoms with E-state index in [1.807, 2.05) is 12.1 Å². The minimum Gasteiger partial charge on any atom is -0.365 e. The van der Waals surface area contributed by atoms with Crippen molar-refractivity contribution in [2.45, 2.75) is 19.4 Å². The number of hydrogen-bond donors (Lipinski definition) is 0. The van der Waals surface area contributed by atoms with Crippen LogP contribution in [0.4, 0.5) is 11.4 Å². The molecule has 0 fully saturated rings. The van der Waals surface area contributed by atoms with Crippen LogP contribution in [0.1, 0.15) is 18.9 Å². The summed E-state index contributed by atoms with van der Waals surface area (Å²) in [6.45, 7) is 1.80. The lowest BCUT2D eigenvalue weighted by molar-refractivity contribution is -0.384. The second-order valence-electron chi connectivity index (χ2n) is 3.86. The van der Waals surface area contributed by atoms with Gasteiger partial charge in [0.15, 0.2) is 0 Å². The van der Waals surface area contributed by atoms with Crippen LogP contribution in [0.2, 0.25) is 0 Å². The number of para-hydroxylation sites is 1. The molecule has 0 spiro atoms. The zero-order valence-corrected chi connectivity index (χ0v) is 10.1. The Kier molecular flexibility index (Phi) is 4.22. The Morgan fingerprint density at radius 2 is 2.17 bits per heavy atom. The van der Waals surface area contributed by atoms with Gasteiger partial charge in [0.1, 0.15) is 17.3 Å². The van der Waals surface area contributed by atoms with Crippen molar-refractivity contribution in [3.05, 3.63) is 33.9 Å². The summed E-state index contributed by atoms with van der Waals surface area (Å²) in [4.78, 5) is 12.1. The summed E-state index contributed by atoms with van der Waals surface area (Å²) in [6.07, 6.45) is 0.254. The van der Waals surface area contributed by atoms with Crippen LogP contribution < -0.4 is 4.90 Å². The molecule has 1 unspecified atom stereocenters. The smallest absolute Gasteiger partial charge is 0.310 e. The molecule has 0 heterocycles. The molecule has 0 aliphatic carbocycles. The highest BCUT2D eigenvalue weighted by Crippen LogP contribution is 2.32. The molecule has 1 atom stereocenters. The van der Waals surface area contributed by atoms with E-state index in [0.717, 1.165) is 0 Å². The number of nitro benzene ring substituents is 1. The maximum atomic E-state index is 11.0. The Morgan fingerprint density at radius 3 is 2.67 bits per heavy atom. The summed E-state index contributed by atoms with van der Waals surface area (Å²) in [7, 11) is 1.67. The molecule has 6 nitrogen and oxygen atoms in total. The summed E-state index contributed by atoms with van der Waals surface area (Å²) in [6, 6.07) is 8.24. The lowest BCUT2D eigenvalue weighted by Crippen LogP contribution is -2.29. The van der Waals surface area contributed by atoms with Gasteiger partial charge in [0.05, 0.1) is 17.4 Å². The molecule has 1 aromatic rings. The van der Waals surface area contributed by atoms with E-state index in [-0.39, 0.29) is 23.7 Å². The molecule has 0 N–H and O–H groups in total. The standard InChI is InChI=1S/C12H12N4O2/c1-9(6-7-13)15(2)11-5-3-4-10(8-14)12(11)16(17)18/h3-5,9H,6H2,1-2H3. The van der Waals surface area contributed by atoms with E-state index in [2.05, 4.69) is 0 Å². The maximum Gasteiger partial charge on any atom is 0.310 e. The van der Waals surface area contributed by atoms with Gasteiger partial charge in [-0.05, 0) is 19.1 Å². The molecule has 0 aromatic heterocycles. The average molecular weight is 244 g/mol. The summed E-state index contributed by atoms with van der Waals surface area (Å²) < 4.78 is 0. The molecule has 1 aromatic carbocycles. The molecule has 0 aliphatic heterocycles. The number of rotatable bonds is 4. The van der Waals surface area contributed by atoms with E-state index in [9.17, 15) is 10.1 Å². The van der Waals surface area contributed by atoms with E-state index in [1.165, 1.54) is 6.07 Å². The highest BCUT2D eigenvalue weighted by molar-refractivity contribution is 5.69. The number of nitro groups is 1. The lowest BCUT2D eigenvalue weighted by Gasteiger charge is -2.24. The van der Waals surface area contributed by atoms with Gasteiger partial charge in [-0.25, -0.2) is 0 Å². The summed E-state index contributed by atoms with van der Waals surface area (Å²) in [5, 5.41) is 28.6. The van der Waals surface area contributed by atoms with Crippen molar-refractivity contribution in [3.63, 3.8) is 0 Å². The van der Waals surface area contributed by atoms with E-state index in [0.29, 0.717) is 5.69 Å². The fraction of sp³-hybridized carbons (Fsp3) is 0.333. The first-order chi connectivity index (χ1) is 8.52. The quantitative estimate of drug-likeness (QED) is 0.597. The van der Waals surface area contributed by atoms with Gasteiger partial charge >= 0.3 is 5.69 Å². The average Bonchev–Trinajstić information content (AvgIpc) is 2.36. The van der Waals surface area contributed by atoms with Gasteiger partial charge in [0.25, 0.3) is 0 Å². The minimum absolute atomic E-state index is 0.0218. The van der Waals surface area contributed by atoms with Crippen LogP contribution in [0.15, 0.2) is 18.2 Å². The van der Waals surface area contributed by atoms with Crippen LogP contribution in [0, 0.1) is 32.8 Å². The van der Waals surface area contributed by atoms with Gasteiger partial charge in [-0.2, -0.15) is 10.5 Å². The monoisotopic (exact) mass is 244 g/mol. The fourth-order valence-electron chi connectivity index (χ4n) is 1.60. The molecule has 1 rings (SSSR count). The molecule has 92 valence electrons. The third-order valence-corrected chi connectivity index (χ3v) is 2.75. The fourth-order valence-corrected chi connectivity index (χ4v) is 1.60. The topological polar surface area (TPSA) is 94.0 Å². The van der Waals surface area contributed by atoms with Gasteiger partial charge in [-0.1, -0.05) is 6.07 Å². The number of anilines is 1. The van der Waals surface area contributed by atoms with E-state index < -0.39 is 4.92 Å². The van der Waals surface area contributed by atoms with Gasteiger partial charge in [-0.3, -0.25) is 10.1 Å². The van der Waals surface area contributed by atoms with Crippen LogP contribution in [0.3, 0.4) is 0 Å². The molecule has 6 heteroatoms. The van der Waals surface area contributed by atoms with Crippen LogP contribution >= 0.6 is 0 Å². The number of hydrogen-bond acceptors (Lipinski definition) is 5. The van der Waals surface area contributed by atoms with Crippen molar-refractivity contribution >= 4 is 11.4 Å². The zero-order chi connectivity index (χ0) is 13.7. The first-order valence-electron chi connectivity index (χ1n) is 5.30. The molecule has 0 saturated heterocycles. The van der Waals surface area contributed by atoms with Gasteiger partial charge < -0.3 is 4.90 Å². The Morgan fingerprint density at radius 1 is 1.50 bits per heavy atom. The van der Waals surface area contributed by atoms with Crippen molar-refractivity contribution in [1.29, 1.82) is 10.5 Å². The maximum absolute atomic E-state index is 11.0. The van der Waals surface area contributed by atoms with Crippen molar-refractivity contribution in [2.75, 3.05) is 11.9 Å². The van der Waals surface area contributed by atoms with E-state index in [1.54, 1.807) is 31.0 Å². The van der Waals surface area contributed by atoms with Crippen molar-refractivity contribution in [2.24, 2.45) is 0 Å². The Labute approximate surface area is 105 Å². The van der Waals surface area contributed by atoms with Gasteiger partial charge in [0.2, 0.25) is 0 Å². The van der Waals surface area contributed by atoms with E-state index >= 15 is 0 Å². The molecule has 0 bridgehead atoms. The van der Waals surface area contributed by atoms with Crippen LogP contribution in [-0.2, 0) is 0 Å². The molecule has 0 amide bonds. The first-order valence-corrected chi connectivity index (χ1v) is 5.30. The molecule has 0 aliphatic rings. The normalized spacial score (nSPS) is 11.1. The first kappa shape index (κ1) is 13.5. The van der Waals surface area contributed by atoms with Crippen molar-refractivity contribution in [1.82, 2.24) is 0 Å². The Hall–Kier alpha value is -2.60. The molecular weight excluding hydrogens is 232 g/mol. The third-order valence-electron chi connectivity index (χ3n) is 2.75. The van der Waals surface area contributed by atoms with Crippen molar-refractivity contribution in [3.8, 4) is 12.1 Å². The summed E-state index contributed by atoms with van der Waals surface area (Å²) in [5.74, 6) is 0. The van der Waals surface area contributed by atoms with Crippen LogP contribution in [-0.4, -0.2) is 18.0 Å². The molecular formula is C12H12N4O2. The third kappa shape index (κ3) is 2.55. The van der Waals surface area contributed by atoms with Gasteiger partial charge in [-0.15, -0.1) is 0 Å². The summed E-state index contributed by atoms with van der Waals surface area (Å²) in [5.41, 5.74) is 0.155. The molecule has 0 radical (unpaired) electrons. The largest absolute Gasteiger partial charge is 0.365 e. The second-order valence-corrected chi connectivity index (χ2v) is 3.86. The number of benzene rings is 1. The number of nitriles is 2. The lowest BCUT2D eigenvalue weighted by atomic mass is 10.1. The molecule has 0 saturated carbocycles. The van der Waals surface area contributed by atoms with Gasteiger partial charge in [0, 0.05) is 13.1 Å². The van der Waals surface area contributed by atoms with Crippen molar-refractivity contribution < 1.29 is 4.92 Å². The predicted molar refractivity (Wildman–Crippen MR) is 65.9 cm³/mol. The highest BCUT2D eigenvalue weighted by atomic mass is 16.6. The molecule has 18 heavy (non-hydrogen) atoms. The Balaban J connectivity index is 3.29. The predicted octanol–water partition coefficient (Wildman–Crippen LogP) is 2.20.